The number of nitrogens with zero attached hydrogens (tertiary/aromatic N) is 2. The number of hydrogen-bond acceptors (Lipinski definition) is 5. The fraction of sp³-hybridized carbons (Fsp3) is 0.292. The third kappa shape index (κ3) is 4.28. The van der Waals surface area contributed by atoms with Gasteiger partial charge in [0.25, 0.3) is 5.56 Å². The molecule has 0 saturated carbocycles. The van der Waals surface area contributed by atoms with Crippen LogP contribution in [0.2, 0.25) is 0 Å². The lowest BCUT2D eigenvalue weighted by atomic mass is 10.1. The second kappa shape index (κ2) is 9.18. The van der Waals surface area contributed by atoms with Crippen LogP contribution in [-0.2, 0) is 16.1 Å². The minimum Gasteiger partial charge on any atom is -0.383 e. The van der Waals surface area contributed by atoms with Crippen molar-refractivity contribution in [2.45, 2.75) is 32.5 Å². The molecule has 32 heavy (non-hydrogen) atoms. The Morgan fingerprint density at radius 2 is 1.91 bits per heavy atom. The lowest BCUT2D eigenvalue weighted by molar-refractivity contribution is -0.113. The van der Waals surface area contributed by atoms with E-state index < -0.39 is 0 Å². The molecule has 0 bridgehead atoms. The molecule has 4 rings (SSSR count). The maximum absolute atomic E-state index is 13.2. The number of aryl methyl sites for hydroxylation is 3. The number of benzene rings is 2. The molecule has 7 nitrogen and oxygen atoms in total. The summed E-state index contributed by atoms with van der Waals surface area (Å²) in [5, 5.41) is 4.39. The normalized spacial score (nSPS) is 11.4. The Morgan fingerprint density at radius 3 is 2.62 bits per heavy atom. The van der Waals surface area contributed by atoms with Gasteiger partial charge in [0.2, 0.25) is 5.91 Å². The number of rotatable bonds is 7. The first-order valence-electron chi connectivity index (χ1n) is 10.4. The number of aromatic nitrogens is 3. The first kappa shape index (κ1) is 22.1. The van der Waals surface area contributed by atoms with Gasteiger partial charge in [0.1, 0.15) is 11.0 Å². The van der Waals surface area contributed by atoms with Gasteiger partial charge in [-0.1, -0.05) is 47.7 Å². The average Bonchev–Trinajstić information content (AvgIpc) is 3.13. The van der Waals surface area contributed by atoms with Crippen LogP contribution < -0.4 is 10.9 Å². The number of thioether (sulfide) groups is 1. The Balaban J connectivity index is 1.65. The van der Waals surface area contributed by atoms with Gasteiger partial charge in [0.15, 0.2) is 5.16 Å². The average molecular weight is 451 g/mol. The van der Waals surface area contributed by atoms with Crippen LogP contribution in [-0.4, -0.2) is 39.9 Å². The first-order valence-corrected chi connectivity index (χ1v) is 11.4. The van der Waals surface area contributed by atoms with E-state index in [2.05, 4.69) is 10.3 Å². The molecule has 0 aliphatic heterocycles. The van der Waals surface area contributed by atoms with Crippen molar-refractivity contribution < 1.29 is 9.53 Å². The van der Waals surface area contributed by atoms with Crippen molar-refractivity contribution in [2.24, 2.45) is 0 Å². The second-order valence-electron chi connectivity index (χ2n) is 7.85. The summed E-state index contributed by atoms with van der Waals surface area (Å²) in [6.07, 6.45) is 0. The quantitative estimate of drug-likeness (QED) is 0.326. The van der Waals surface area contributed by atoms with Gasteiger partial charge in [-0.2, -0.15) is 0 Å². The molecule has 0 spiro atoms. The molecule has 8 heteroatoms. The van der Waals surface area contributed by atoms with Crippen LogP contribution in [0.5, 0.6) is 0 Å². The van der Waals surface area contributed by atoms with E-state index in [0.717, 1.165) is 33.3 Å². The smallest absolute Gasteiger partial charge is 0.278 e. The fourth-order valence-corrected chi connectivity index (χ4v) is 4.77. The van der Waals surface area contributed by atoms with Crippen molar-refractivity contribution in [3.8, 4) is 0 Å². The molecule has 0 saturated heterocycles. The topological polar surface area (TPSA) is 89.0 Å². The molecule has 166 valence electrons. The fourth-order valence-electron chi connectivity index (χ4n) is 3.95. The summed E-state index contributed by atoms with van der Waals surface area (Å²) in [7, 11) is 1.59. The zero-order chi connectivity index (χ0) is 22.8. The van der Waals surface area contributed by atoms with Crippen LogP contribution in [0, 0.1) is 20.8 Å². The van der Waals surface area contributed by atoms with Crippen LogP contribution in [0.3, 0.4) is 0 Å². The van der Waals surface area contributed by atoms with Gasteiger partial charge in [0.05, 0.1) is 18.9 Å². The molecular formula is C24H26N4O3S. The number of methoxy groups -OCH3 is 1. The van der Waals surface area contributed by atoms with Crippen molar-refractivity contribution >= 4 is 45.3 Å². The number of ether oxygens (including phenoxy) is 1. The monoisotopic (exact) mass is 450 g/mol. The summed E-state index contributed by atoms with van der Waals surface area (Å²) in [5.41, 5.74) is 5.80. The molecule has 0 fully saturated rings. The highest BCUT2D eigenvalue weighted by molar-refractivity contribution is 7.99. The summed E-state index contributed by atoms with van der Waals surface area (Å²) in [6, 6.07) is 11.8. The molecule has 0 aliphatic rings. The molecule has 0 unspecified atom stereocenters. The highest BCUT2D eigenvalue weighted by Crippen LogP contribution is 2.26. The van der Waals surface area contributed by atoms with Gasteiger partial charge in [-0.15, -0.1) is 0 Å². The van der Waals surface area contributed by atoms with Crippen LogP contribution in [0.15, 0.2) is 46.3 Å². The summed E-state index contributed by atoms with van der Waals surface area (Å²) >= 11 is 1.25. The van der Waals surface area contributed by atoms with Crippen LogP contribution in [0.1, 0.15) is 16.7 Å². The SMILES string of the molecule is COCCn1c(SCC(=O)Nc2c(C)cc(C)cc2C)nc2c([nH]c3ccccc32)c1=O. The van der Waals surface area contributed by atoms with E-state index in [1.165, 1.54) is 11.8 Å². The molecule has 2 aromatic heterocycles. The molecule has 2 aromatic carbocycles. The van der Waals surface area contributed by atoms with Gasteiger partial charge < -0.3 is 15.0 Å². The highest BCUT2D eigenvalue weighted by Gasteiger charge is 2.17. The van der Waals surface area contributed by atoms with Crippen molar-refractivity contribution in [1.29, 1.82) is 0 Å². The number of carbonyl (C=O) groups is 1. The Hall–Kier alpha value is -3.10. The van der Waals surface area contributed by atoms with Crippen LogP contribution >= 0.6 is 11.8 Å². The van der Waals surface area contributed by atoms with Gasteiger partial charge in [-0.3, -0.25) is 14.2 Å². The third-order valence-corrected chi connectivity index (χ3v) is 6.35. The maximum Gasteiger partial charge on any atom is 0.278 e. The number of fused-ring (bicyclic) bond motifs is 3. The number of carbonyl (C=O) groups excluding carboxylic acids is 1. The Labute approximate surface area is 190 Å². The number of para-hydroxylation sites is 1. The van der Waals surface area contributed by atoms with E-state index in [9.17, 15) is 9.59 Å². The van der Waals surface area contributed by atoms with E-state index in [4.69, 9.17) is 9.72 Å². The minimum atomic E-state index is -0.170. The summed E-state index contributed by atoms with van der Waals surface area (Å²) in [4.78, 5) is 33.9. The molecule has 1 amide bonds. The third-order valence-electron chi connectivity index (χ3n) is 5.37. The second-order valence-corrected chi connectivity index (χ2v) is 8.79. The summed E-state index contributed by atoms with van der Waals surface area (Å²) in [6.45, 7) is 6.73. The van der Waals surface area contributed by atoms with Crippen molar-refractivity contribution in [3.63, 3.8) is 0 Å². The Morgan fingerprint density at radius 1 is 1.19 bits per heavy atom. The summed E-state index contributed by atoms with van der Waals surface area (Å²) in [5.74, 6) is -0.00309. The number of nitrogens with one attached hydrogen (secondary N) is 2. The van der Waals surface area contributed by atoms with Crippen molar-refractivity contribution in [1.82, 2.24) is 14.5 Å². The predicted molar refractivity (Wildman–Crippen MR) is 130 cm³/mol. The number of hydrogen-bond donors (Lipinski definition) is 2. The lowest BCUT2D eigenvalue weighted by Crippen LogP contribution is -2.26. The standard InChI is InChI=1S/C24H26N4O3S/c1-14-11-15(2)20(16(3)12-14)26-19(29)13-32-24-27-21-17-7-5-6-8-18(17)25-22(21)23(30)28(24)9-10-31-4/h5-8,11-12,25H,9-10,13H2,1-4H3,(H,26,29). The van der Waals surface area contributed by atoms with E-state index in [1.807, 2.05) is 57.2 Å². The van der Waals surface area contributed by atoms with Gasteiger partial charge in [-0.05, 0) is 38.0 Å². The number of aromatic amines is 1. The van der Waals surface area contributed by atoms with Crippen LogP contribution in [0.4, 0.5) is 5.69 Å². The number of anilines is 1. The molecule has 0 radical (unpaired) electrons. The highest BCUT2D eigenvalue weighted by atomic mass is 32.2. The Bertz CT molecular complexity index is 1350. The lowest BCUT2D eigenvalue weighted by Gasteiger charge is -2.14. The minimum absolute atomic E-state index is 0.139. The molecule has 0 aliphatic carbocycles. The van der Waals surface area contributed by atoms with E-state index in [-0.39, 0.29) is 17.2 Å². The largest absolute Gasteiger partial charge is 0.383 e. The van der Waals surface area contributed by atoms with Gasteiger partial charge >= 0.3 is 0 Å². The van der Waals surface area contributed by atoms with E-state index in [1.54, 1.807) is 11.7 Å². The zero-order valence-corrected chi connectivity index (χ0v) is 19.4. The Kier molecular flexibility index (Phi) is 6.34. The first-order chi connectivity index (χ1) is 15.4. The van der Waals surface area contributed by atoms with E-state index in [0.29, 0.717) is 29.3 Å². The number of amides is 1. The van der Waals surface area contributed by atoms with Crippen molar-refractivity contribution in [3.05, 3.63) is 63.4 Å². The van der Waals surface area contributed by atoms with E-state index >= 15 is 0 Å². The molecule has 2 N–H and O–H groups in total. The molecule has 4 aromatic rings. The predicted octanol–water partition coefficient (Wildman–Crippen LogP) is 4.18. The van der Waals surface area contributed by atoms with Crippen LogP contribution in [0.25, 0.3) is 21.9 Å². The molecule has 2 heterocycles. The van der Waals surface area contributed by atoms with Gasteiger partial charge in [0, 0.05) is 23.7 Å². The van der Waals surface area contributed by atoms with Crippen molar-refractivity contribution in [2.75, 3.05) is 24.8 Å². The molecule has 0 atom stereocenters. The summed E-state index contributed by atoms with van der Waals surface area (Å²) < 4.78 is 6.75. The maximum atomic E-state index is 13.2. The van der Waals surface area contributed by atoms with Gasteiger partial charge in [-0.25, -0.2) is 4.98 Å². The number of H-pyrrole nitrogens is 1. The zero-order valence-electron chi connectivity index (χ0n) is 18.6. The molecular weight excluding hydrogens is 424 g/mol.